The molecule has 0 amide bonds. The summed E-state index contributed by atoms with van der Waals surface area (Å²) in [6.07, 6.45) is 6.42. The minimum Gasteiger partial charge on any atom is -0.393 e. The quantitative estimate of drug-likeness (QED) is 0.682. The van der Waals surface area contributed by atoms with Crippen molar-refractivity contribution in [3.8, 4) is 0 Å². The van der Waals surface area contributed by atoms with Crippen molar-refractivity contribution in [2.75, 3.05) is 13.1 Å². The van der Waals surface area contributed by atoms with E-state index in [1.54, 1.807) is 0 Å². The molecule has 0 atom stereocenters. The summed E-state index contributed by atoms with van der Waals surface area (Å²) < 4.78 is 0. The van der Waals surface area contributed by atoms with Crippen LogP contribution in [-0.4, -0.2) is 29.0 Å². The predicted octanol–water partition coefficient (Wildman–Crippen LogP) is 1.93. The fraction of sp³-hybridized carbons (Fsp3) is 0.909. The van der Waals surface area contributed by atoms with Gasteiger partial charge in [0.1, 0.15) is 0 Å². The second kappa shape index (κ2) is 3.78. The molecule has 2 aliphatic carbocycles. The summed E-state index contributed by atoms with van der Waals surface area (Å²) in [5.74, 6) is 0. The first-order valence-corrected chi connectivity index (χ1v) is 6.08. The van der Waals surface area contributed by atoms with Gasteiger partial charge in [-0.25, -0.2) is 0 Å². The topological polar surface area (TPSA) is 29.3 Å². The SMILES string of the molecule is CCN(CC1(CC(N)=S)CC1)C1CC1. The summed E-state index contributed by atoms with van der Waals surface area (Å²) in [5.41, 5.74) is 6.12. The van der Waals surface area contributed by atoms with E-state index in [1.165, 1.54) is 38.8 Å². The Balaban J connectivity index is 1.85. The van der Waals surface area contributed by atoms with Gasteiger partial charge in [-0.2, -0.15) is 0 Å². The molecule has 0 unspecified atom stereocenters. The smallest absolute Gasteiger partial charge is 0.0733 e. The van der Waals surface area contributed by atoms with Crippen molar-refractivity contribution in [3.05, 3.63) is 0 Å². The van der Waals surface area contributed by atoms with Crippen molar-refractivity contribution >= 4 is 17.2 Å². The molecule has 80 valence electrons. The zero-order chi connectivity index (χ0) is 10.2. The van der Waals surface area contributed by atoms with Gasteiger partial charge in [0.25, 0.3) is 0 Å². The molecule has 0 aromatic rings. The molecule has 2 rings (SSSR count). The molecule has 0 aromatic heterocycles. The van der Waals surface area contributed by atoms with E-state index in [9.17, 15) is 0 Å². The summed E-state index contributed by atoms with van der Waals surface area (Å²) in [4.78, 5) is 3.32. The van der Waals surface area contributed by atoms with Gasteiger partial charge < -0.3 is 10.6 Å². The van der Waals surface area contributed by atoms with E-state index in [2.05, 4.69) is 11.8 Å². The molecule has 14 heavy (non-hydrogen) atoms. The average molecular weight is 212 g/mol. The first-order valence-electron chi connectivity index (χ1n) is 5.67. The van der Waals surface area contributed by atoms with Crippen LogP contribution < -0.4 is 5.73 Å². The zero-order valence-corrected chi connectivity index (χ0v) is 9.78. The second-order valence-electron chi connectivity index (χ2n) is 4.94. The average Bonchev–Trinajstić information content (AvgIpc) is 2.93. The van der Waals surface area contributed by atoms with Crippen LogP contribution in [0.2, 0.25) is 0 Å². The standard InChI is InChI=1S/C11H20N2S/c1-2-13(9-3-4-9)8-11(5-6-11)7-10(12)14/h9H,2-8H2,1H3,(H2,12,14). The third-order valence-electron chi connectivity index (χ3n) is 3.51. The molecule has 0 saturated heterocycles. The fourth-order valence-electron chi connectivity index (χ4n) is 2.31. The number of nitrogens with two attached hydrogens (primary N) is 1. The minimum atomic E-state index is 0.477. The molecule has 0 heterocycles. The van der Waals surface area contributed by atoms with Gasteiger partial charge in [-0.3, -0.25) is 0 Å². The predicted molar refractivity (Wildman–Crippen MR) is 63.3 cm³/mol. The van der Waals surface area contributed by atoms with Crippen LogP contribution in [0.5, 0.6) is 0 Å². The van der Waals surface area contributed by atoms with E-state index in [-0.39, 0.29) is 0 Å². The highest BCUT2D eigenvalue weighted by Crippen LogP contribution is 2.50. The maximum atomic E-state index is 5.64. The maximum absolute atomic E-state index is 5.64. The minimum absolute atomic E-state index is 0.477. The van der Waals surface area contributed by atoms with Gasteiger partial charge in [0.2, 0.25) is 0 Å². The van der Waals surface area contributed by atoms with Crippen LogP contribution in [0, 0.1) is 5.41 Å². The molecule has 3 heteroatoms. The first-order chi connectivity index (χ1) is 6.65. The van der Waals surface area contributed by atoms with Crippen LogP contribution in [0.4, 0.5) is 0 Å². The third kappa shape index (κ3) is 2.45. The van der Waals surface area contributed by atoms with E-state index in [0.29, 0.717) is 10.4 Å². The van der Waals surface area contributed by atoms with Crippen LogP contribution in [0.25, 0.3) is 0 Å². The Morgan fingerprint density at radius 3 is 2.50 bits per heavy atom. The summed E-state index contributed by atoms with van der Waals surface area (Å²) in [5, 5.41) is 0. The van der Waals surface area contributed by atoms with Crippen LogP contribution >= 0.6 is 12.2 Å². The Morgan fingerprint density at radius 1 is 1.50 bits per heavy atom. The van der Waals surface area contributed by atoms with Crippen LogP contribution in [0.3, 0.4) is 0 Å². The Labute approximate surface area is 91.8 Å². The normalized spacial score (nSPS) is 23.9. The number of thiocarbonyl (C=S) groups is 1. The highest BCUT2D eigenvalue weighted by atomic mass is 32.1. The Hall–Kier alpha value is -0.150. The molecule has 2 aliphatic rings. The third-order valence-corrected chi connectivity index (χ3v) is 3.66. The summed E-state index contributed by atoms with van der Waals surface area (Å²) in [6.45, 7) is 4.67. The van der Waals surface area contributed by atoms with Gasteiger partial charge in [0.05, 0.1) is 4.99 Å². The largest absolute Gasteiger partial charge is 0.393 e. The van der Waals surface area contributed by atoms with Gasteiger partial charge in [0, 0.05) is 19.0 Å². The molecule has 0 spiro atoms. The Morgan fingerprint density at radius 2 is 2.14 bits per heavy atom. The van der Waals surface area contributed by atoms with E-state index < -0.39 is 0 Å². The number of hydrogen-bond acceptors (Lipinski definition) is 2. The molecular weight excluding hydrogens is 192 g/mol. The molecular formula is C11H20N2S. The number of nitrogens with zero attached hydrogens (tertiary/aromatic N) is 1. The summed E-state index contributed by atoms with van der Waals surface area (Å²) in [7, 11) is 0. The van der Waals surface area contributed by atoms with Crippen LogP contribution in [0.15, 0.2) is 0 Å². The molecule has 0 radical (unpaired) electrons. The van der Waals surface area contributed by atoms with Gasteiger partial charge in [-0.05, 0) is 37.6 Å². The van der Waals surface area contributed by atoms with E-state index in [4.69, 9.17) is 18.0 Å². The van der Waals surface area contributed by atoms with Gasteiger partial charge in [-0.15, -0.1) is 0 Å². The molecule has 2 saturated carbocycles. The van der Waals surface area contributed by atoms with Crippen molar-refractivity contribution in [2.45, 2.75) is 45.1 Å². The van der Waals surface area contributed by atoms with Crippen molar-refractivity contribution in [1.82, 2.24) is 4.90 Å². The lowest BCUT2D eigenvalue weighted by Crippen LogP contribution is -2.34. The monoisotopic (exact) mass is 212 g/mol. The first kappa shape index (κ1) is 10.4. The van der Waals surface area contributed by atoms with Crippen molar-refractivity contribution < 1.29 is 0 Å². The van der Waals surface area contributed by atoms with Crippen molar-refractivity contribution in [1.29, 1.82) is 0 Å². The van der Waals surface area contributed by atoms with Gasteiger partial charge >= 0.3 is 0 Å². The summed E-state index contributed by atoms with van der Waals surface area (Å²) >= 11 is 5.01. The highest BCUT2D eigenvalue weighted by Gasteiger charge is 2.45. The highest BCUT2D eigenvalue weighted by molar-refractivity contribution is 7.80. The zero-order valence-electron chi connectivity index (χ0n) is 8.96. The lowest BCUT2D eigenvalue weighted by molar-refractivity contribution is 0.223. The molecule has 0 aliphatic heterocycles. The lowest BCUT2D eigenvalue weighted by Gasteiger charge is -2.25. The Kier molecular flexibility index (Phi) is 2.80. The van der Waals surface area contributed by atoms with E-state index in [0.717, 1.165) is 12.5 Å². The molecule has 0 bridgehead atoms. The van der Waals surface area contributed by atoms with E-state index >= 15 is 0 Å². The molecule has 0 aromatic carbocycles. The molecule has 2 nitrogen and oxygen atoms in total. The number of hydrogen-bond donors (Lipinski definition) is 1. The Bertz CT molecular complexity index is 231. The fourth-order valence-corrected chi connectivity index (χ4v) is 2.61. The lowest BCUT2D eigenvalue weighted by atomic mass is 10.0. The van der Waals surface area contributed by atoms with Crippen LogP contribution in [0.1, 0.15) is 39.0 Å². The number of rotatable bonds is 6. The molecule has 2 fully saturated rings. The van der Waals surface area contributed by atoms with Gasteiger partial charge in [0.15, 0.2) is 0 Å². The summed E-state index contributed by atoms with van der Waals surface area (Å²) in [6, 6.07) is 0.879. The van der Waals surface area contributed by atoms with Crippen molar-refractivity contribution in [2.24, 2.45) is 11.1 Å². The molecule has 2 N–H and O–H groups in total. The maximum Gasteiger partial charge on any atom is 0.0733 e. The van der Waals surface area contributed by atoms with E-state index in [1.807, 2.05) is 0 Å². The van der Waals surface area contributed by atoms with Crippen LogP contribution in [-0.2, 0) is 0 Å². The second-order valence-corrected chi connectivity index (χ2v) is 5.46. The van der Waals surface area contributed by atoms with Crippen molar-refractivity contribution in [3.63, 3.8) is 0 Å². The van der Waals surface area contributed by atoms with Gasteiger partial charge in [-0.1, -0.05) is 19.1 Å².